The molecule has 0 atom stereocenters. The summed E-state index contributed by atoms with van der Waals surface area (Å²) in [5, 5.41) is 4.09. The van der Waals surface area contributed by atoms with Gasteiger partial charge in [-0.15, -0.1) is 12.4 Å². The molecule has 4 heteroatoms. The number of benzene rings is 3. The zero-order valence-electron chi connectivity index (χ0n) is 17.7. The maximum absolute atomic E-state index is 12.9. The first-order chi connectivity index (χ1) is 13.7. The van der Waals surface area contributed by atoms with Crippen LogP contribution in [0.1, 0.15) is 56.8 Å². The smallest absolute Gasteiger partial charge is 0.339 e. The summed E-state index contributed by atoms with van der Waals surface area (Å²) in [6, 6.07) is 16.7. The van der Waals surface area contributed by atoms with Gasteiger partial charge in [-0.1, -0.05) is 57.0 Å². The number of carbonyl (C=O) groups excluding carboxylic acids is 1. The molecule has 0 aliphatic rings. The summed E-state index contributed by atoms with van der Waals surface area (Å²) in [4.78, 5) is 15.3. The van der Waals surface area contributed by atoms with Crippen molar-refractivity contribution in [3.8, 4) is 0 Å². The zero-order valence-corrected chi connectivity index (χ0v) is 18.6. The number of anilines is 1. The molecule has 0 spiro atoms. The lowest BCUT2D eigenvalue weighted by atomic mass is 9.96. The molecule has 0 unspecified atom stereocenters. The van der Waals surface area contributed by atoms with Crippen LogP contribution in [0.15, 0.2) is 48.5 Å². The number of ether oxygens (including phenoxy) is 1. The number of hydrogen-bond acceptors (Lipinski definition) is 3. The van der Waals surface area contributed by atoms with E-state index in [4.69, 9.17) is 4.74 Å². The Morgan fingerprint density at radius 2 is 1.52 bits per heavy atom. The van der Waals surface area contributed by atoms with Gasteiger partial charge >= 0.3 is 5.97 Å². The van der Waals surface area contributed by atoms with Crippen LogP contribution >= 0.6 is 12.4 Å². The summed E-state index contributed by atoms with van der Waals surface area (Å²) in [7, 11) is 0. The Morgan fingerprint density at radius 1 is 0.862 bits per heavy atom. The summed E-state index contributed by atoms with van der Waals surface area (Å²) < 4.78 is 5.42. The summed E-state index contributed by atoms with van der Waals surface area (Å²) in [6.07, 6.45) is 4.69. The van der Waals surface area contributed by atoms with Crippen molar-refractivity contribution >= 4 is 45.6 Å². The predicted molar refractivity (Wildman–Crippen MR) is 127 cm³/mol. The number of nitrogens with zero attached hydrogens (tertiary/aromatic N) is 1. The molecule has 29 heavy (non-hydrogen) atoms. The highest BCUT2D eigenvalue weighted by molar-refractivity contribution is 6.17. The van der Waals surface area contributed by atoms with Crippen molar-refractivity contribution in [2.24, 2.45) is 0 Å². The minimum absolute atomic E-state index is 0. The van der Waals surface area contributed by atoms with Crippen LogP contribution < -0.4 is 4.90 Å². The fraction of sp³-hybridized carbons (Fsp3) is 0.400. The van der Waals surface area contributed by atoms with E-state index in [1.165, 1.54) is 31.4 Å². The molecule has 0 fully saturated rings. The number of fused-ring (bicyclic) bond motifs is 2. The van der Waals surface area contributed by atoms with Gasteiger partial charge in [0.25, 0.3) is 0 Å². The predicted octanol–water partition coefficient (Wildman–Crippen LogP) is 7.00. The summed E-state index contributed by atoms with van der Waals surface area (Å²) in [5.41, 5.74) is 1.87. The number of carbonyl (C=O) groups is 1. The molecule has 156 valence electrons. The molecule has 3 aromatic rings. The van der Waals surface area contributed by atoms with Crippen LogP contribution in [0.5, 0.6) is 0 Å². The normalized spacial score (nSPS) is 10.7. The average molecular weight is 414 g/mol. The van der Waals surface area contributed by atoms with Gasteiger partial charge in [-0.2, -0.15) is 0 Å². The minimum Gasteiger partial charge on any atom is -0.462 e. The second-order valence-electron chi connectivity index (χ2n) is 7.29. The maximum atomic E-state index is 12.9. The lowest BCUT2D eigenvalue weighted by Crippen LogP contribution is -2.25. The Morgan fingerprint density at radius 3 is 2.17 bits per heavy atom. The largest absolute Gasteiger partial charge is 0.462 e. The standard InChI is InChI=1S/C25H31NO2.ClH/c1-4-7-15-26(16-8-5-2)21-14-13-20-17-19-11-9-10-12-22(19)24(23(20)18-21)25(27)28-6-3;/h9-14,17-18H,4-8,15-16H2,1-3H3;1H. The first-order valence-electron chi connectivity index (χ1n) is 10.6. The molecule has 0 N–H and O–H groups in total. The average Bonchev–Trinajstić information content (AvgIpc) is 2.72. The quantitative estimate of drug-likeness (QED) is 0.279. The molecule has 0 aliphatic carbocycles. The third kappa shape index (κ3) is 5.22. The number of hydrogen-bond donors (Lipinski definition) is 0. The molecule has 0 bridgehead atoms. The van der Waals surface area contributed by atoms with Gasteiger partial charge in [0.15, 0.2) is 0 Å². The Kier molecular flexibility index (Phi) is 8.78. The van der Waals surface area contributed by atoms with E-state index in [9.17, 15) is 4.79 Å². The van der Waals surface area contributed by atoms with Crippen LogP contribution in [-0.2, 0) is 4.74 Å². The van der Waals surface area contributed by atoms with Gasteiger partial charge < -0.3 is 9.64 Å². The number of rotatable bonds is 9. The fourth-order valence-corrected chi connectivity index (χ4v) is 3.74. The van der Waals surface area contributed by atoms with Crippen LogP contribution in [0.25, 0.3) is 21.5 Å². The zero-order chi connectivity index (χ0) is 19.9. The molecule has 0 amide bonds. The van der Waals surface area contributed by atoms with E-state index in [0.29, 0.717) is 12.2 Å². The van der Waals surface area contributed by atoms with Crippen molar-refractivity contribution in [1.82, 2.24) is 0 Å². The number of halogens is 1. The Labute approximate surface area is 180 Å². The molecule has 3 rings (SSSR count). The second-order valence-corrected chi connectivity index (χ2v) is 7.29. The minimum atomic E-state index is -0.241. The second kappa shape index (κ2) is 11.1. The van der Waals surface area contributed by atoms with Crippen molar-refractivity contribution in [2.75, 3.05) is 24.6 Å². The molecular weight excluding hydrogens is 382 g/mol. The molecule has 3 nitrogen and oxygen atoms in total. The molecule has 0 heterocycles. The Hall–Kier alpha value is -2.26. The van der Waals surface area contributed by atoms with Crippen LogP contribution in [0, 0.1) is 0 Å². The molecule has 0 aliphatic heterocycles. The maximum Gasteiger partial charge on any atom is 0.339 e. The van der Waals surface area contributed by atoms with E-state index in [-0.39, 0.29) is 18.4 Å². The van der Waals surface area contributed by atoms with Gasteiger partial charge in [0.1, 0.15) is 0 Å². The number of esters is 1. The van der Waals surface area contributed by atoms with E-state index in [1.54, 1.807) is 0 Å². The highest BCUT2D eigenvalue weighted by Gasteiger charge is 2.17. The van der Waals surface area contributed by atoms with E-state index < -0.39 is 0 Å². The van der Waals surface area contributed by atoms with E-state index in [0.717, 1.165) is 34.6 Å². The lowest BCUT2D eigenvalue weighted by Gasteiger charge is -2.25. The van der Waals surface area contributed by atoms with Crippen LogP contribution in [0.2, 0.25) is 0 Å². The van der Waals surface area contributed by atoms with Gasteiger partial charge in [-0.25, -0.2) is 4.79 Å². The first-order valence-corrected chi connectivity index (χ1v) is 10.6. The molecule has 0 saturated carbocycles. The summed E-state index contributed by atoms with van der Waals surface area (Å²) in [5.74, 6) is -0.241. The van der Waals surface area contributed by atoms with Gasteiger partial charge in [-0.05, 0) is 59.5 Å². The van der Waals surface area contributed by atoms with Gasteiger partial charge in [-0.3, -0.25) is 0 Å². The van der Waals surface area contributed by atoms with Crippen LogP contribution in [0.3, 0.4) is 0 Å². The first kappa shape index (κ1) is 23.0. The van der Waals surface area contributed by atoms with Crippen molar-refractivity contribution in [3.63, 3.8) is 0 Å². The topological polar surface area (TPSA) is 29.5 Å². The summed E-state index contributed by atoms with van der Waals surface area (Å²) in [6.45, 7) is 8.78. The SMILES string of the molecule is CCCCN(CCCC)c1ccc2cc3ccccc3c(C(=O)OCC)c2c1.Cl. The number of unbranched alkanes of at least 4 members (excludes halogenated alkanes) is 2. The summed E-state index contributed by atoms with van der Waals surface area (Å²) >= 11 is 0. The highest BCUT2D eigenvalue weighted by Crippen LogP contribution is 2.32. The van der Waals surface area contributed by atoms with Crippen molar-refractivity contribution in [3.05, 3.63) is 54.1 Å². The van der Waals surface area contributed by atoms with Crippen molar-refractivity contribution < 1.29 is 9.53 Å². The Bertz CT molecular complexity index is 946. The van der Waals surface area contributed by atoms with Crippen molar-refractivity contribution in [1.29, 1.82) is 0 Å². The van der Waals surface area contributed by atoms with Crippen molar-refractivity contribution in [2.45, 2.75) is 46.5 Å². The van der Waals surface area contributed by atoms with E-state index in [2.05, 4.69) is 49.1 Å². The highest BCUT2D eigenvalue weighted by atomic mass is 35.5. The van der Waals surface area contributed by atoms with E-state index >= 15 is 0 Å². The van der Waals surface area contributed by atoms with E-state index in [1.807, 2.05) is 25.1 Å². The molecule has 0 aromatic heterocycles. The lowest BCUT2D eigenvalue weighted by molar-refractivity contribution is 0.0531. The van der Waals surface area contributed by atoms with Crippen LogP contribution in [-0.4, -0.2) is 25.7 Å². The Balaban J connectivity index is 0.00000300. The third-order valence-corrected chi connectivity index (χ3v) is 5.26. The van der Waals surface area contributed by atoms with Crippen LogP contribution in [0.4, 0.5) is 5.69 Å². The molecule has 0 radical (unpaired) electrons. The van der Waals surface area contributed by atoms with Gasteiger partial charge in [0.2, 0.25) is 0 Å². The van der Waals surface area contributed by atoms with Gasteiger partial charge in [0.05, 0.1) is 12.2 Å². The molecular formula is C25H32ClNO2. The molecule has 0 saturated heterocycles. The monoisotopic (exact) mass is 413 g/mol. The fourth-order valence-electron chi connectivity index (χ4n) is 3.74. The van der Waals surface area contributed by atoms with Gasteiger partial charge in [0, 0.05) is 18.8 Å². The molecule has 3 aromatic carbocycles. The third-order valence-electron chi connectivity index (χ3n) is 5.26.